The minimum Gasteiger partial charge on any atom is -0.304 e. The zero-order chi connectivity index (χ0) is 14.2. The predicted octanol–water partition coefficient (Wildman–Crippen LogP) is 3.52. The summed E-state index contributed by atoms with van der Waals surface area (Å²) in [6.45, 7) is 8.32. The number of nitrogens with zero attached hydrogens (tertiary/aromatic N) is 2. The third-order valence-corrected chi connectivity index (χ3v) is 4.74. The average Bonchev–Trinajstić information content (AvgIpc) is 2.81. The maximum atomic E-state index is 11.8. The molecule has 2 heterocycles. The van der Waals surface area contributed by atoms with Gasteiger partial charge in [-0.2, -0.15) is 0 Å². The third kappa shape index (κ3) is 2.95. The van der Waals surface area contributed by atoms with Gasteiger partial charge in [0.2, 0.25) is 0 Å². The Labute approximate surface area is 124 Å². The van der Waals surface area contributed by atoms with Crippen molar-refractivity contribution in [2.24, 2.45) is 0 Å². The highest BCUT2D eigenvalue weighted by atomic mass is 79.9. The third-order valence-electron chi connectivity index (χ3n) is 2.65. The van der Waals surface area contributed by atoms with Gasteiger partial charge in [-0.05, 0) is 22.4 Å². The fourth-order valence-electron chi connectivity index (χ4n) is 1.59. The molecule has 0 atom stereocenters. The SMILES string of the molecule is CCc1nc(-c2csc(C(C)(C)C)n2)[nH]c(=O)c1Br. The summed E-state index contributed by atoms with van der Waals surface area (Å²) in [7, 11) is 0. The number of hydrogen-bond donors (Lipinski definition) is 1. The van der Waals surface area contributed by atoms with Crippen LogP contribution in [0.15, 0.2) is 14.6 Å². The van der Waals surface area contributed by atoms with E-state index in [0.29, 0.717) is 16.7 Å². The Bertz CT molecular complexity index is 655. The van der Waals surface area contributed by atoms with Crippen LogP contribution in [-0.2, 0) is 11.8 Å². The van der Waals surface area contributed by atoms with Gasteiger partial charge in [-0.1, -0.05) is 27.7 Å². The van der Waals surface area contributed by atoms with E-state index < -0.39 is 0 Å². The molecular formula is C13H16BrN3OS. The Kier molecular flexibility index (Phi) is 3.92. The van der Waals surface area contributed by atoms with Crippen molar-refractivity contribution in [3.8, 4) is 11.5 Å². The topological polar surface area (TPSA) is 58.6 Å². The van der Waals surface area contributed by atoms with Crippen molar-refractivity contribution < 1.29 is 0 Å². The molecular weight excluding hydrogens is 326 g/mol. The molecule has 6 heteroatoms. The zero-order valence-electron chi connectivity index (χ0n) is 11.4. The molecule has 2 aromatic heterocycles. The molecule has 0 fully saturated rings. The molecule has 0 aliphatic rings. The molecule has 0 aliphatic heterocycles. The lowest BCUT2D eigenvalue weighted by atomic mass is 9.98. The van der Waals surface area contributed by atoms with E-state index in [-0.39, 0.29) is 11.0 Å². The molecule has 0 aliphatic carbocycles. The van der Waals surface area contributed by atoms with E-state index in [4.69, 9.17) is 0 Å². The Morgan fingerprint density at radius 1 is 1.37 bits per heavy atom. The Morgan fingerprint density at radius 3 is 2.58 bits per heavy atom. The van der Waals surface area contributed by atoms with Crippen molar-refractivity contribution in [3.05, 3.63) is 30.9 Å². The Hall–Kier alpha value is -1.01. The van der Waals surface area contributed by atoms with Crippen LogP contribution in [-0.4, -0.2) is 15.0 Å². The lowest BCUT2D eigenvalue weighted by Crippen LogP contribution is -2.14. The predicted molar refractivity (Wildman–Crippen MR) is 81.7 cm³/mol. The lowest BCUT2D eigenvalue weighted by Gasteiger charge is -2.13. The molecule has 19 heavy (non-hydrogen) atoms. The van der Waals surface area contributed by atoms with Crippen LogP contribution in [0, 0.1) is 0 Å². The van der Waals surface area contributed by atoms with Crippen molar-refractivity contribution in [2.75, 3.05) is 0 Å². The fraction of sp³-hybridized carbons (Fsp3) is 0.462. The molecule has 0 unspecified atom stereocenters. The molecule has 0 spiro atoms. The van der Waals surface area contributed by atoms with E-state index in [1.165, 1.54) is 0 Å². The first kappa shape index (κ1) is 14.4. The second-order valence-corrected chi connectivity index (χ2v) is 6.97. The Balaban J connectivity index is 2.51. The first-order valence-electron chi connectivity index (χ1n) is 6.08. The summed E-state index contributed by atoms with van der Waals surface area (Å²) in [4.78, 5) is 23.6. The van der Waals surface area contributed by atoms with E-state index >= 15 is 0 Å². The van der Waals surface area contributed by atoms with Crippen LogP contribution in [0.2, 0.25) is 0 Å². The van der Waals surface area contributed by atoms with E-state index in [1.54, 1.807) is 11.3 Å². The molecule has 0 radical (unpaired) electrons. The molecule has 102 valence electrons. The lowest BCUT2D eigenvalue weighted by molar-refractivity contribution is 0.586. The standard InChI is InChI=1S/C13H16BrN3OS/c1-5-7-9(14)11(18)17-10(15-7)8-6-19-12(16-8)13(2,3)4/h6H,5H2,1-4H3,(H,15,17,18). The fourth-order valence-corrected chi connectivity index (χ4v) is 2.95. The van der Waals surface area contributed by atoms with E-state index in [0.717, 1.165) is 16.4 Å². The number of rotatable bonds is 2. The number of aromatic amines is 1. The smallest absolute Gasteiger partial charge is 0.265 e. The number of hydrogen-bond acceptors (Lipinski definition) is 4. The van der Waals surface area contributed by atoms with E-state index in [2.05, 4.69) is 51.7 Å². The summed E-state index contributed by atoms with van der Waals surface area (Å²) in [5.74, 6) is 0.539. The van der Waals surface area contributed by atoms with Crippen molar-refractivity contribution in [2.45, 2.75) is 39.5 Å². The van der Waals surface area contributed by atoms with Crippen LogP contribution >= 0.6 is 27.3 Å². The number of H-pyrrole nitrogens is 1. The molecule has 0 amide bonds. The molecule has 2 aromatic rings. The number of thiazole rings is 1. The summed E-state index contributed by atoms with van der Waals surface area (Å²) in [5.41, 5.74) is 1.33. The molecule has 4 nitrogen and oxygen atoms in total. The molecule has 0 bridgehead atoms. The monoisotopic (exact) mass is 341 g/mol. The maximum absolute atomic E-state index is 11.8. The number of aryl methyl sites for hydroxylation is 1. The minimum atomic E-state index is -0.160. The summed E-state index contributed by atoms with van der Waals surface area (Å²) in [6.07, 6.45) is 0.702. The van der Waals surface area contributed by atoms with Crippen LogP contribution in [0.4, 0.5) is 0 Å². The number of halogens is 1. The van der Waals surface area contributed by atoms with Gasteiger partial charge in [-0.25, -0.2) is 9.97 Å². The highest BCUT2D eigenvalue weighted by Crippen LogP contribution is 2.28. The second-order valence-electron chi connectivity index (χ2n) is 5.32. The van der Waals surface area contributed by atoms with E-state index in [9.17, 15) is 4.79 Å². The largest absolute Gasteiger partial charge is 0.304 e. The molecule has 2 rings (SSSR count). The highest BCUT2D eigenvalue weighted by Gasteiger charge is 2.19. The summed E-state index contributed by atoms with van der Waals surface area (Å²) in [5, 5.41) is 2.97. The summed E-state index contributed by atoms with van der Waals surface area (Å²) in [6, 6.07) is 0. The number of aromatic nitrogens is 3. The van der Waals surface area contributed by atoms with Crippen LogP contribution in [0.25, 0.3) is 11.5 Å². The van der Waals surface area contributed by atoms with Crippen molar-refractivity contribution >= 4 is 27.3 Å². The van der Waals surface area contributed by atoms with Gasteiger partial charge in [0.1, 0.15) is 10.2 Å². The van der Waals surface area contributed by atoms with Crippen LogP contribution < -0.4 is 5.56 Å². The molecule has 0 saturated carbocycles. The normalized spacial score (nSPS) is 11.8. The first-order chi connectivity index (χ1) is 8.82. The summed E-state index contributed by atoms with van der Waals surface area (Å²) < 4.78 is 0.505. The van der Waals surface area contributed by atoms with Gasteiger partial charge in [0, 0.05) is 10.8 Å². The summed E-state index contributed by atoms with van der Waals surface area (Å²) >= 11 is 4.85. The second kappa shape index (κ2) is 5.17. The van der Waals surface area contributed by atoms with E-state index in [1.807, 2.05) is 12.3 Å². The van der Waals surface area contributed by atoms with Crippen molar-refractivity contribution in [3.63, 3.8) is 0 Å². The van der Waals surface area contributed by atoms with Crippen molar-refractivity contribution in [1.82, 2.24) is 15.0 Å². The van der Waals surface area contributed by atoms with Gasteiger partial charge in [-0.15, -0.1) is 11.3 Å². The van der Waals surface area contributed by atoms with Crippen LogP contribution in [0.5, 0.6) is 0 Å². The van der Waals surface area contributed by atoms with Gasteiger partial charge < -0.3 is 4.98 Å². The highest BCUT2D eigenvalue weighted by molar-refractivity contribution is 9.10. The Morgan fingerprint density at radius 2 is 2.05 bits per heavy atom. The minimum absolute atomic E-state index is 0.00611. The number of nitrogens with one attached hydrogen (secondary N) is 1. The molecule has 0 saturated heterocycles. The van der Waals surface area contributed by atoms with Crippen molar-refractivity contribution in [1.29, 1.82) is 0 Å². The first-order valence-corrected chi connectivity index (χ1v) is 7.75. The maximum Gasteiger partial charge on any atom is 0.265 e. The van der Waals surface area contributed by atoms with Gasteiger partial charge in [-0.3, -0.25) is 4.79 Å². The van der Waals surface area contributed by atoms with Gasteiger partial charge in [0.05, 0.1) is 10.7 Å². The van der Waals surface area contributed by atoms with Crippen LogP contribution in [0.1, 0.15) is 38.4 Å². The zero-order valence-corrected chi connectivity index (χ0v) is 13.8. The molecule has 1 N–H and O–H groups in total. The quantitative estimate of drug-likeness (QED) is 0.908. The molecule has 0 aromatic carbocycles. The van der Waals surface area contributed by atoms with Gasteiger partial charge in [0.25, 0.3) is 5.56 Å². The van der Waals surface area contributed by atoms with Gasteiger partial charge >= 0.3 is 0 Å². The average molecular weight is 342 g/mol. The van der Waals surface area contributed by atoms with Crippen LogP contribution in [0.3, 0.4) is 0 Å². The van der Waals surface area contributed by atoms with Gasteiger partial charge in [0.15, 0.2) is 5.82 Å².